The Kier molecular flexibility index (Phi) is 5.84. The van der Waals surface area contributed by atoms with E-state index >= 15 is 0 Å². The van der Waals surface area contributed by atoms with E-state index in [2.05, 4.69) is 15.9 Å². The molecule has 0 bridgehead atoms. The van der Waals surface area contributed by atoms with Crippen LogP contribution in [0.4, 0.5) is 5.69 Å². The third-order valence-electron chi connectivity index (χ3n) is 5.25. The number of hydrogen-bond donors (Lipinski definition) is 0. The highest BCUT2D eigenvalue weighted by molar-refractivity contribution is 6.30. The number of rotatable bonds is 6. The normalized spacial score (nSPS) is 15.1. The van der Waals surface area contributed by atoms with Crippen LogP contribution in [0.15, 0.2) is 70.1 Å². The monoisotopic (exact) mass is 397 g/mol. The van der Waals surface area contributed by atoms with Crippen molar-refractivity contribution in [3.05, 3.63) is 76.4 Å². The number of nitrogens with zero attached hydrogens (tertiary/aromatic N) is 3. The Balaban J connectivity index is 1.30. The maximum absolute atomic E-state index is 12.1. The summed E-state index contributed by atoms with van der Waals surface area (Å²) in [5.74, 6) is -0.287. The number of halogens is 1. The van der Waals surface area contributed by atoms with Gasteiger partial charge >= 0.3 is 5.76 Å². The van der Waals surface area contributed by atoms with E-state index in [1.807, 2.05) is 48.5 Å². The van der Waals surface area contributed by atoms with Gasteiger partial charge in [-0.05, 0) is 31.2 Å². The van der Waals surface area contributed by atoms with E-state index in [4.69, 9.17) is 16.0 Å². The highest BCUT2D eigenvalue weighted by Gasteiger charge is 2.17. The van der Waals surface area contributed by atoms with Crippen molar-refractivity contribution >= 4 is 17.3 Å². The molecule has 2 aromatic carbocycles. The van der Waals surface area contributed by atoms with Crippen LogP contribution in [0.2, 0.25) is 5.02 Å². The number of hydrogen-bond acceptors (Lipinski definition) is 4. The van der Waals surface area contributed by atoms with Crippen LogP contribution in [0, 0.1) is 0 Å². The topological polar surface area (TPSA) is 41.6 Å². The van der Waals surface area contributed by atoms with Crippen LogP contribution in [-0.4, -0.2) is 42.2 Å². The predicted molar refractivity (Wildman–Crippen MR) is 113 cm³/mol. The Morgan fingerprint density at radius 3 is 2.46 bits per heavy atom. The van der Waals surface area contributed by atoms with Crippen LogP contribution in [0.1, 0.15) is 6.42 Å². The summed E-state index contributed by atoms with van der Waals surface area (Å²) in [6.07, 6.45) is 2.47. The van der Waals surface area contributed by atoms with Crippen LogP contribution in [0.5, 0.6) is 0 Å². The smallest absolute Gasteiger partial charge is 0.416 e. The van der Waals surface area contributed by atoms with Gasteiger partial charge in [-0.2, -0.15) is 0 Å². The maximum atomic E-state index is 12.1. The lowest BCUT2D eigenvalue weighted by atomic mass is 10.2. The van der Waals surface area contributed by atoms with Crippen molar-refractivity contribution in [3.8, 4) is 11.3 Å². The SMILES string of the molecule is O=c1occ(-c2ccccc2)n1CCCN1CCN(c2cccc(Cl)c2)CC1. The van der Waals surface area contributed by atoms with Crippen LogP contribution in [0.3, 0.4) is 0 Å². The first kappa shape index (κ1) is 18.8. The zero-order chi connectivity index (χ0) is 19.3. The van der Waals surface area contributed by atoms with E-state index in [9.17, 15) is 4.79 Å². The number of piperazine rings is 1. The van der Waals surface area contributed by atoms with Gasteiger partial charge in [-0.25, -0.2) is 4.79 Å². The second kappa shape index (κ2) is 8.67. The van der Waals surface area contributed by atoms with Crippen molar-refractivity contribution in [3.63, 3.8) is 0 Å². The van der Waals surface area contributed by atoms with Crippen molar-refractivity contribution in [2.24, 2.45) is 0 Å². The van der Waals surface area contributed by atoms with Gasteiger partial charge in [0.25, 0.3) is 0 Å². The van der Waals surface area contributed by atoms with Gasteiger partial charge < -0.3 is 9.32 Å². The molecule has 146 valence electrons. The van der Waals surface area contributed by atoms with Gasteiger partial charge in [-0.3, -0.25) is 9.47 Å². The van der Waals surface area contributed by atoms with Crippen molar-refractivity contribution in [1.29, 1.82) is 0 Å². The molecule has 6 heteroatoms. The van der Waals surface area contributed by atoms with E-state index in [1.165, 1.54) is 5.69 Å². The second-order valence-corrected chi connectivity index (χ2v) is 7.50. The molecular formula is C22H24ClN3O2. The Bertz CT molecular complexity index is 959. The predicted octanol–water partition coefficient (Wildman–Crippen LogP) is 3.97. The highest BCUT2D eigenvalue weighted by Crippen LogP contribution is 2.21. The Morgan fingerprint density at radius 1 is 0.929 bits per heavy atom. The molecule has 28 heavy (non-hydrogen) atoms. The molecule has 0 N–H and O–H groups in total. The summed E-state index contributed by atoms with van der Waals surface area (Å²) < 4.78 is 6.88. The molecule has 0 unspecified atom stereocenters. The van der Waals surface area contributed by atoms with E-state index in [1.54, 1.807) is 10.8 Å². The molecule has 0 atom stereocenters. The molecule has 0 radical (unpaired) electrons. The Hall–Kier alpha value is -2.50. The molecular weight excluding hydrogens is 374 g/mol. The number of aromatic nitrogens is 1. The lowest BCUT2D eigenvalue weighted by Gasteiger charge is -2.36. The van der Waals surface area contributed by atoms with E-state index < -0.39 is 0 Å². The number of benzene rings is 2. The van der Waals surface area contributed by atoms with Gasteiger partial charge in [0, 0.05) is 49.0 Å². The molecule has 1 fully saturated rings. The summed E-state index contributed by atoms with van der Waals surface area (Å²) in [7, 11) is 0. The largest absolute Gasteiger partial charge is 0.419 e. The summed E-state index contributed by atoms with van der Waals surface area (Å²) in [6, 6.07) is 17.9. The minimum absolute atomic E-state index is 0.287. The van der Waals surface area contributed by atoms with Crippen molar-refractivity contribution in [2.75, 3.05) is 37.6 Å². The molecule has 4 rings (SSSR count). The molecule has 0 spiro atoms. The molecule has 0 saturated carbocycles. The second-order valence-electron chi connectivity index (χ2n) is 7.07. The van der Waals surface area contributed by atoms with Gasteiger partial charge in [0.15, 0.2) is 0 Å². The number of anilines is 1. The third kappa shape index (κ3) is 4.32. The first-order valence-corrected chi connectivity index (χ1v) is 10.0. The molecule has 1 aromatic heterocycles. The molecule has 1 aliphatic heterocycles. The highest BCUT2D eigenvalue weighted by atomic mass is 35.5. The van der Waals surface area contributed by atoms with Gasteiger partial charge in [-0.15, -0.1) is 0 Å². The molecule has 1 aliphatic rings. The third-order valence-corrected chi connectivity index (χ3v) is 5.49. The fourth-order valence-electron chi connectivity index (χ4n) is 3.73. The first-order chi connectivity index (χ1) is 13.7. The van der Waals surface area contributed by atoms with E-state index in [-0.39, 0.29) is 5.76 Å². The summed E-state index contributed by atoms with van der Waals surface area (Å²) in [5, 5.41) is 0.778. The maximum Gasteiger partial charge on any atom is 0.419 e. The van der Waals surface area contributed by atoms with Crippen molar-refractivity contribution < 1.29 is 4.42 Å². The first-order valence-electron chi connectivity index (χ1n) is 9.67. The van der Waals surface area contributed by atoms with Crippen LogP contribution in [0.25, 0.3) is 11.3 Å². The van der Waals surface area contributed by atoms with E-state index in [0.29, 0.717) is 6.54 Å². The molecule has 2 heterocycles. The summed E-state index contributed by atoms with van der Waals surface area (Å²) in [6.45, 7) is 5.63. The lowest BCUT2D eigenvalue weighted by Crippen LogP contribution is -2.46. The standard InChI is InChI=1S/C22H24ClN3O2/c23-19-8-4-9-20(16-19)25-14-12-24(13-15-25)10-5-11-26-21(17-28-22(26)27)18-6-2-1-3-7-18/h1-4,6-9,16-17H,5,10-15H2. The van der Waals surface area contributed by atoms with Crippen LogP contribution in [-0.2, 0) is 6.54 Å². The Labute approximate surface area is 169 Å². The van der Waals surface area contributed by atoms with Gasteiger partial charge in [-0.1, -0.05) is 48.0 Å². The zero-order valence-electron chi connectivity index (χ0n) is 15.8. The molecule has 0 aliphatic carbocycles. The average molecular weight is 398 g/mol. The molecule has 5 nitrogen and oxygen atoms in total. The Morgan fingerprint density at radius 2 is 1.71 bits per heavy atom. The molecule has 3 aromatic rings. The quantitative estimate of drug-likeness (QED) is 0.631. The molecule has 0 amide bonds. The minimum atomic E-state index is -0.287. The lowest BCUT2D eigenvalue weighted by molar-refractivity contribution is 0.249. The van der Waals surface area contributed by atoms with Crippen LogP contribution >= 0.6 is 11.6 Å². The van der Waals surface area contributed by atoms with E-state index in [0.717, 1.165) is 55.4 Å². The van der Waals surface area contributed by atoms with Gasteiger partial charge in [0.1, 0.15) is 6.26 Å². The van der Waals surface area contributed by atoms with Gasteiger partial charge in [0.2, 0.25) is 0 Å². The molecule has 1 saturated heterocycles. The van der Waals surface area contributed by atoms with Gasteiger partial charge in [0.05, 0.1) is 5.69 Å². The summed E-state index contributed by atoms with van der Waals surface area (Å²) in [4.78, 5) is 16.9. The fraction of sp³-hybridized carbons (Fsp3) is 0.318. The zero-order valence-corrected chi connectivity index (χ0v) is 16.5. The number of oxazole rings is 1. The van der Waals surface area contributed by atoms with Crippen LogP contribution < -0.4 is 10.7 Å². The van der Waals surface area contributed by atoms with Crippen molar-refractivity contribution in [1.82, 2.24) is 9.47 Å². The van der Waals surface area contributed by atoms with Crippen molar-refractivity contribution in [2.45, 2.75) is 13.0 Å². The minimum Gasteiger partial charge on any atom is -0.416 e. The summed E-state index contributed by atoms with van der Waals surface area (Å²) in [5.41, 5.74) is 3.03. The fourth-order valence-corrected chi connectivity index (χ4v) is 3.92. The average Bonchev–Trinajstić information content (AvgIpc) is 3.10. The summed E-state index contributed by atoms with van der Waals surface area (Å²) >= 11 is 6.11.